The highest BCUT2D eigenvalue weighted by Crippen LogP contribution is 2.27. The standard InChI is InChI=1S/C13H20ClNO3/c1-16-8-9-18-7-3-6-15-11-4-5-12(14)13(10-11)17-2/h4-5,10,15H,3,6-9H2,1-2H3. The Bertz CT molecular complexity index is 347. The highest BCUT2D eigenvalue weighted by atomic mass is 35.5. The van der Waals surface area contributed by atoms with E-state index < -0.39 is 0 Å². The van der Waals surface area contributed by atoms with Gasteiger partial charge in [-0.05, 0) is 18.6 Å². The fourth-order valence-electron chi connectivity index (χ4n) is 1.42. The number of rotatable bonds is 9. The Labute approximate surface area is 113 Å². The summed E-state index contributed by atoms with van der Waals surface area (Å²) in [5, 5.41) is 3.90. The van der Waals surface area contributed by atoms with Crippen molar-refractivity contribution in [2.45, 2.75) is 6.42 Å². The molecule has 0 radical (unpaired) electrons. The summed E-state index contributed by atoms with van der Waals surface area (Å²) in [4.78, 5) is 0. The molecule has 0 heterocycles. The summed E-state index contributed by atoms with van der Waals surface area (Å²) in [6, 6.07) is 5.63. The third-order valence-corrected chi connectivity index (χ3v) is 2.69. The van der Waals surface area contributed by atoms with Gasteiger partial charge in [-0.15, -0.1) is 0 Å². The second-order valence-electron chi connectivity index (χ2n) is 3.73. The number of hydrogen-bond acceptors (Lipinski definition) is 4. The predicted molar refractivity (Wildman–Crippen MR) is 73.8 cm³/mol. The molecule has 1 aromatic carbocycles. The highest BCUT2D eigenvalue weighted by Gasteiger charge is 2.01. The highest BCUT2D eigenvalue weighted by molar-refractivity contribution is 6.32. The second kappa shape index (κ2) is 9.03. The Morgan fingerprint density at radius 3 is 2.72 bits per heavy atom. The molecule has 0 aromatic heterocycles. The molecule has 102 valence electrons. The smallest absolute Gasteiger partial charge is 0.139 e. The quantitative estimate of drug-likeness (QED) is 0.703. The monoisotopic (exact) mass is 273 g/mol. The minimum absolute atomic E-state index is 0.617. The van der Waals surface area contributed by atoms with Gasteiger partial charge in [-0.2, -0.15) is 0 Å². The van der Waals surface area contributed by atoms with Crippen LogP contribution in [0.2, 0.25) is 5.02 Å². The molecule has 4 nitrogen and oxygen atoms in total. The van der Waals surface area contributed by atoms with Gasteiger partial charge in [0, 0.05) is 32.0 Å². The van der Waals surface area contributed by atoms with Crippen molar-refractivity contribution in [2.24, 2.45) is 0 Å². The average molecular weight is 274 g/mol. The molecule has 0 aliphatic carbocycles. The van der Waals surface area contributed by atoms with Crippen molar-refractivity contribution in [3.63, 3.8) is 0 Å². The van der Waals surface area contributed by atoms with Crippen LogP contribution in [-0.4, -0.2) is 40.6 Å². The van der Waals surface area contributed by atoms with Crippen LogP contribution in [0.5, 0.6) is 5.75 Å². The summed E-state index contributed by atoms with van der Waals surface area (Å²) in [5.74, 6) is 0.679. The molecule has 0 fully saturated rings. The van der Waals surface area contributed by atoms with Gasteiger partial charge in [0.1, 0.15) is 5.75 Å². The third kappa shape index (κ3) is 5.58. The van der Waals surface area contributed by atoms with E-state index in [0.717, 1.165) is 25.3 Å². The predicted octanol–water partition coefficient (Wildman–Crippen LogP) is 2.81. The molecule has 0 saturated carbocycles. The van der Waals surface area contributed by atoms with Crippen LogP contribution >= 0.6 is 11.6 Å². The van der Waals surface area contributed by atoms with Crippen molar-refractivity contribution in [1.29, 1.82) is 0 Å². The molecule has 0 aliphatic heterocycles. The lowest BCUT2D eigenvalue weighted by Gasteiger charge is -2.09. The minimum atomic E-state index is 0.617. The molecule has 0 amide bonds. The molecule has 0 bridgehead atoms. The van der Waals surface area contributed by atoms with Gasteiger partial charge in [0.15, 0.2) is 0 Å². The number of anilines is 1. The van der Waals surface area contributed by atoms with E-state index in [-0.39, 0.29) is 0 Å². The van der Waals surface area contributed by atoms with E-state index in [4.69, 9.17) is 25.8 Å². The SMILES string of the molecule is COCCOCCCNc1ccc(Cl)c(OC)c1. The first-order chi connectivity index (χ1) is 8.77. The fourth-order valence-corrected chi connectivity index (χ4v) is 1.62. The molecule has 1 aromatic rings. The number of benzene rings is 1. The van der Waals surface area contributed by atoms with Gasteiger partial charge < -0.3 is 19.5 Å². The summed E-state index contributed by atoms with van der Waals surface area (Å²) in [6.45, 7) is 2.85. The first-order valence-electron chi connectivity index (χ1n) is 5.92. The second-order valence-corrected chi connectivity index (χ2v) is 4.14. The molecular formula is C13H20ClNO3. The molecule has 1 rings (SSSR count). The third-order valence-electron chi connectivity index (χ3n) is 2.38. The van der Waals surface area contributed by atoms with Crippen LogP contribution in [0, 0.1) is 0 Å². The minimum Gasteiger partial charge on any atom is -0.495 e. The lowest BCUT2D eigenvalue weighted by atomic mass is 10.3. The Kier molecular flexibility index (Phi) is 7.57. The van der Waals surface area contributed by atoms with E-state index >= 15 is 0 Å². The van der Waals surface area contributed by atoms with Gasteiger partial charge in [0.2, 0.25) is 0 Å². The number of halogens is 1. The van der Waals surface area contributed by atoms with Crippen molar-refractivity contribution < 1.29 is 14.2 Å². The summed E-state index contributed by atoms with van der Waals surface area (Å²) < 4.78 is 15.4. The van der Waals surface area contributed by atoms with E-state index in [1.165, 1.54) is 0 Å². The normalized spacial score (nSPS) is 10.4. The van der Waals surface area contributed by atoms with Crippen molar-refractivity contribution in [3.8, 4) is 5.75 Å². The Hall–Kier alpha value is -0.970. The van der Waals surface area contributed by atoms with Crippen molar-refractivity contribution in [2.75, 3.05) is 45.9 Å². The van der Waals surface area contributed by atoms with Crippen LogP contribution in [0.15, 0.2) is 18.2 Å². The van der Waals surface area contributed by atoms with Gasteiger partial charge in [-0.3, -0.25) is 0 Å². The maximum Gasteiger partial charge on any atom is 0.139 e. The average Bonchev–Trinajstić information content (AvgIpc) is 2.39. The van der Waals surface area contributed by atoms with Crippen LogP contribution in [0.4, 0.5) is 5.69 Å². The van der Waals surface area contributed by atoms with Crippen LogP contribution in [0.25, 0.3) is 0 Å². The summed E-state index contributed by atoms with van der Waals surface area (Å²) >= 11 is 5.94. The number of methoxy groups -OCH3 is 2. The first-order valence-corrected chi connectivity index (χ1v) is 6.30. The lowest BCUT2D eigenvalue weighted by Crippen LogP contribution is -2.08. The van der Waals surface area contributed by atoms with Gasteiger partial charge in [-0.25, -0.2) is 0 Å². The number of hydrogen-bond donors (Lipinski definition) is 1. The largest absolute Gasteiger partial charge is 0.495 e. The number of nitrogens with one attached hydrogen (secondary N) is 1. The number of ether oxygens (including phenoxy) is 3. The van der Waals surface area contributed by atoms with E-state index in [0.29, 0.717) is 24.0 Å². The molecule has 0 saturated heterocycles. The van der Waals surface area contributed by atoms with Crippen LogP contribution in [-0.2, 0) is 9.47 Å². The Morgan fingerprint density at radius 2 is 2.00 bits per heavy atom. The maximum absolute atomic E-state index is 5.94. The summed E-state index contributed by atoms with van der Waals surface area (Å²) in [6.07, 6.45) is 0.939. The Balaban J connectivity index is 2.19. The van der Waals surface area contributed by atoms with Crippen molar-refractivity contribution in [1.82, 2.24) is 0 Å². The van der Waals surface area contributed by atoms with Gasteiger partial charge in [0.25, 0.3) is 0 Å². The molecule has 0 atom stereocenters. The molecule has 18 heavy (non-hydrogen) atoms. The fraction of sp³-hybridized carbons (Fsp3) is 0.538. The molecular weight excluding hydrogens is 254 g/mol. The van der Waals surface area contributed by atoms with Gasteiger partial charge >= 0.3 is 0 Å². The van der Waals surface area contributed by atoms with E-state index in [1.54, 1.807) is 14.2 Å². The van der Waals surface area contributed by atoms with Gasteiger partial charge in [-0.1, -0.05) is 11.6 Å². The molecule has 1 N–H and O–H groups in total. The summed E-state index contributed by atoms with van der Waals surface area (Å²) in [7, 11) is 3.27. The zero-order valence-corrected chi connectivity index (χ0v) is 11.6. The van der Waals surface area contributed by atoms with E-state index in [2.05, 4.69) is 5.32 Å². The van der Waals surface area contributed by atoms with E-state index in [1.807, 2.05) is 18.2 Å². The molecule has 0 spiro atoms. The first kappa shape index (κ1) is 15.1. The molecule has 5 heteroatoms. The van der Waals surface area contributed by atoms with Crippen LogP contribution < -0.4 is 10.1 Å². The van der Waals surface area contributed by atoms with E-state index in [9.17, 15) is 0 Å². The zero-order chi connectivity index (χ0) is 13.2. The topological polar surface area (TPSA) is 39.7 Å². The maximum atomic E-state index is 5.94. The van der Waals surface area contributed by atoms with Crippen molar-refractivity contribution in [3.05, 3.63) is 23.2 Å². The zero-order valence-electron chi connectivity index (χ0n) is 10.9. The molecule has 0 aliphatic rings. The lowest BCUT2D eigenvalue weighted by molar-refractivity contribution is 0.0705. The van der Waals surface area contributed by atoms with Crippen LogP contribution in [0.3, 0.4) is 0 Å². The Morgan fingerprint density at radius 1 is 1.17 bits per heavy atom. The summed E-state index contributed by atoms with van der Waals surface area (Å²) in [5.41, 5.74) is 0.994. The van der Waals surface area contributed by atoms with Crippen molar-refractivity contribution >= 4 is 17.3 Å². The van der Waals surface area contributed by atoms with Gasteiger partial charge in [0.05, 0.1) is 25.3 Å². The van der Waals surface area contributed by atoms with Crippen LogP contribution in [0.1, 0.15) is 6.42 Å². The molecule has 0 unspecified atom stereocenters.